The molecular weight excluding hydrogens is 433 g/mol. The number of benzene rings is 3. The minimum atomic E-state index is -4.42. The molecule has 0 radical (unpaired) electrons. The standard InChI is InChI=1S/C21H17F3N2O2S2/c22-21(23,24)18-7-3-4-15(12-18)14-29-20-25-10-11-26(20)30(27,28)19-9-8-16-5-1-2-6-17(16)13-19/h1-9,12-13H,10-11,14H2. The van der Waals surface area contributed by atoms with Gasteiger partial charge in [-0.2, -0.15) is 13.2 Å². The fraction of sp³-hybridized carbons (Fsp3) is 0.190. The number of hydrogen-bond acceptors (Lipinski definition) is 4. The average Bonchev–Trinajstić information content (AvgIpc) is 3.21. The van der Waals surface area contributed by atoms with E-state index < -0.39 is 21.8 Å². The van der Waals surface area contributed by atoms with Crippen molar-refractivity contribution in [2.24, 2.45) is 4.99 Å². The summed E-state index contributed by atoms with van der Waals surface area (Å²) < 4.78 is 66.3. The fourth-order valence-electron chi connectivity index (χ4n) is 3.19. The molecule has 30 heavy (non-hydrogen) atoms. The Kier molecular flexibility index (Phi) is 5.50. The average molecular weight is 451 g/mol. The van der Waals surface area contributed by atoms with Gasteiger partial charge in [-0.25, -0.2) is 12.7 Å². The molecule has 9 heteroatoms. The Labute approximate surface area is 176 Å². The quantitative estimate of drug-likeness (QED) is 0.552. The summed E-state index contributed by atoms with van der Waals surface area (Å²) in [7, 11) is -3.81. The van der Waals surface area contributed by atoms with Gasteiger partial charge in [0.2, 0.25) is 0 Å². The smallest absolute Gasteiger partial charge is 0.260 e. The molecule has 0 fully saturated rings. The van der Waals surface area contributed by atoms with Crippen LogP contribution in [0.15, 0.2) is 76.6 Å². The number of rotatable bonds is 4. The predicted octanol–water partition coefficient (Wildman–Crippen LogP) is 5.15. The Hall–Kier alpha value is -2.52. The Morgan fingerprint density at radius 3 is 2.50 bits per heavy atom. The lowest BCUT2D eigenvalue weighted by atomic mass is 10.1. The summed E-state index contributed by atoms with van der Waals surface area (Å²) in [6.45, 7) is 0.526. The molecular formula is C21H17F3N2O2S2. The number of fused-ring (bicyclic) bond motifs is 1. The highest BCUT2D eigenvalue weighted by Gasteiger charge is 2.32. The largest absolute Gasteiger partial charge is 0.416 e. The van der Waals surface area contributed by atoms with Crippen LogP contribution in [-0.2, 0) is 22.0 Å². The van der Waals surface area contributed by atoms with E-state index in [1.54, 1.807) is 24.3 Å². The van der Waals surface area contributed by atoms with Crippen molar-refractivity contribution in [3.8, 4) is 0 Å². The topological polar surface area (TPSA) is 49.7 Å². The van der Waals surface area contributed by atoms with Gasteiger partial charge in [-0.3, -0.25) is 4.99 Å². The Bertz CT molecular complexity index is 1220. The molecule has 1 aliphatic rings. The third-order valence-corrected chi connectivity index (χ3v) is 7.68. The van der Waals surface area contributed by atoms with Crippen molar-refractivity contribution < 1.29 is 21.6 Å². The highest BCUT2D eigenvalue weighted by atomic mass is 32.2. The first-order chi connectivity index (χ1) is 14.2. The zero-order valence-electron chi connectivity index (χ0n) is 15.6. The number of thioether (sulfide) groups is 1. The lowest BCUT2D eigenvalue weighted by Gasteiger charge is -2.20. The minimum absolute atomic E-state index is 0.162. The molecule has 0 unspecified atom stereocenters. The van der Waals surface area contributed by atoms with Crippen LogP contribution in [-0.4, -0.2) is 31.0 Å². The van der Waals surface area contributed by atoms with Gasteiger partial charge in [-0.15, -0.1) is 0 Å². The van der Waals surface area contributed by atoms with Crippen molar-refractivity contribution in [1.29, 1.82) is 0 Å². The van der Waals surface area contributed by atoms with Gasteiger partial charge in [0.25, 0.3) is 10.0 Å². The van der Waals surface area contributed by atoms with Gasteiger partial charge in [-0.1, -0.05) is 60.3 Å². The van der Waals surface area contributed by atoms with Crippen LogP contribution in [0.2, 0.25) is 0 Å². The van der Waals surface area contributed by atoms with E-state index in [0.29, 0.717) is 17.3 Å². The van der Waals surface area contributed by atoms with E-state index in [1.165, 1.54) is 10.4 Å². The van der Waals surface area contributed by atoms with Crippen molar-refractivity contribution in [2.75, 3.05) is 13.1 Å². The lowest BCUT2D eigenvalue weighted by molar-refractivity contribution is -0.137. The summed E-state index contributed by atoms with van der Waals surface area (Å²) >= 11 is 1.12. The molecule has 156 valence electrons. The van der Waals surface area contributed by atoms with Crippen molar-refractivity contribution >= 4 is 37.7 Å². The second-order valence-electron chi connectivity index (χ2n) is 6.74. The summed E-state index contributed by atoms with van der Waals surface area (Å²) in [5.41, 5.74) is -0.276. The third kappa shape index (κ3) is 4.17. The highest BCUT2D eigenvalue weighted by molar-refractivity contribution is 8.14. The maximum absolute atomic E-state index is 13.2. The van der Waals surface area contributed by atoms with E-state index in [2.05, 4.69) is 4.99 Å². The molecule has 4 rings (SSSR count). The summed E-state index contributed by atoms with van der Waals surface area (Å²) in [6, 6.07) is 17.4. The van der Waals surface area contributed by atoms with Gasteiger partial charge < -0.3 is 0 Å². The molecule has 1 heterocycles. The number of alkyl halides is 3. The van der Waals surface area contributed by atoms with E-state index in [0.717, 1.165) is 34.7 Å². The first-order valence-electron chi connectivity index (χ1n) is 9.10. The predicted molar refractivity (Wildman–Crippen MR) is 113 cm³/mol. The van der Waals surface area contributed by atoms with Crippen LogP contribution in [0.25, 0.3) is 10.8 Å². The number of halogens is 3. The van der Waals surface area contributed by atoms with Crippen molar-refractivity contribution in [3.63, 3.8) is 0 Å². The van der Waals surface area contributed by atoms with Crippen LogP contribution < -0.4 is 0 Å². The highest BCUT2D eigenvalue weighted by Crippen LogP contribution is 2.31. The van der Waals surface area contributed by atoms with E-state index in [-0.39, 0.29) is 17.2 Å². The second-order valence-corrected chi connectivity index (χ2v) is 9.54. The van der Waals surface area contributed by atoms with E-state index in [9.17, 15) is 21.6 Å². The maximum atomic E-state index is 13.2. The molecule has 4 nitrogen and oxygen atoms in total. The molecule has 0 saturated heterocycles. The SMILES string of the molecule is O=S(=O)(c1ccc2ccccc2c1)N1CCN=C1SCc1cccc(C(F)(F)F)c1. The van der Waals surface area contributed by atoms with Gasteiger partial charge in [0, 0.05) is 5.75 Å². The van der Waals surface area contributed by atoms with Gasteiger partial charge in [-0.05, 0) is 34.5 Å². The fourth-order valence-corrected chi connectivity index (χ4v) is 5.89. The summed E-state index contributed by atoms with van der Waals surface area (Å²) in [5, 5.41) is 2.04. The number of amidine groups is 1. The number of aliphatic imine (C=N–C) groups is 1. The van der Waals surface area contributed by atoms with Crippen molar-refractivity contribution in [1.82, 2.24) is 4.31 Å². The summed E-state index contributed by atoms with van der Waals surface area (Å²) in [4.78, 5) is 4.42. The van der Waals surface area contributed by atoms with E-state index in [1.807, 2.05) is 24.3 Å². The molecule has 1 aliphatic heterocycles. The van der Waals surface area contributed by atoms with Crippen molar-refractivity contribution in [3.05, 3.63) is 77.9 Å². The van der Waals surface area contributed by atoms with Gasteiger partial charge >= 0.3 is 6.18 Å². The van der Waals surface area contributed by atoms with Crippen molar-refractivity contribution in [2.45, 2.75) is 16.8 Å². The number of hydrogen-bond donors (Lipinski definition) is 0. The van der Waals surface area contributed by atoms with E-state index in [4.69, 9.17) is 0 Å². The molecule has 0 bridgehead atoms. The molecule has 0 saturated carbocycles. The monoisotopic (exact) mass is 450 g/mol. The van der Waals surface area contributed by atoms with Crippen LogP contribution in [0.4, 0.5) is 13.2 Å². The van der Waals surface area contributed by atoms with Gasteiger partial charge in [0.15, 0.2) is 5.17 Å². The molecule has 0 spiro atoms. The summed E-state index contributed by atoms with van der Waals surface area (Å²) in [5.74, 6) is 0.187. The third-order valence-electron chi connectivity index (χ3n) is 4.69. The first kappa shape index (κ1) is 20.7. The Morgan fingerprint density at radius 1 is 0.967 bits per heavy atom. The zero-order chi connectivity index (χ0) is 21.4. The van der Waals surface area contributed by atoms with Crippen LogP contribution in [0, 0.1) is 0 Å². The number of nitrogens with zero attached hydrogens (tertiary/aromatic N) is 2. The van der Waals surface area contributed by atoms with Crippen LogP contribution >= 0.6 is 11.8 Å². The van der Waals surface area contributed by atoms with E-state index >= 15 is 0 Å². The van der Waals surface area contributed by atoms with Gasteiger partial charge in [0.05, 0.1) is 23.5 Å². The minimum Gasteiger partial charge on any atom is -0.260 e. The molecule has 0 aromatic heterocycles. The second kappa shape index (κ2) is 7.96. The van der Waals surface area contributed by atoms with Crippen LogP contribution in [0.1, 0.15) is 11.1 Å². The molecule has 3 aromatic carbocycles. The van der Waals surface area contributed by atoms with Gasteiger partial charge in [0.1, 0.15) is 0 Å². The maximum Gasteiger partial charge on any atom is 0.416 e. The molecule has 0 aliphatic carbocycles. The lowest BCUT2D eigenvalue weighted by Crippen LogP contribution is -2.32. The Morgan fingerprint density at radius 2 is 1.73 bits per heavy atom. The Balaban J connectivity index is 1.54. The van der Waals surface area contributed by atoms with Crippen LogP contribution in [0.3, 0.4) is 0 Å². The van der Waals surface area contributed by atoms with Crippen LogP contribution in [0.5, 0.6) is 0 Å². The normalized spacial score (nSPS) is 14.9. The number of sulfonamides is 1. The summed E-state index contributed by atoms with van der Waals surface area (Å²) in [6.07, 6.45) is -4.42. The zero-order valence-corrected chi connectivity index (χ0v) is 17.3. The first-order valence-corrected chi connectivity index (χ1v) is 11.5. The molecule has 3 aromatic rings. The molecule has 0 N–H and O–H groups in total. The molecule has 0 atom stereocenters. The molecule has 0 amide bonds.